The topological polar surface area (TPSA) is 132 Å². The first-order chi connectivity index (χ1) is 21.7. The van der Waals surface area contributed by atoms with Gasteiger partial charge in [0.25, 0.3) is 0 Å². The van der Waals surface area contributed by atoms with Crippen molar-refractivity contribution >= 4 is 51.2 Å². The molecular weight excluding hydrogens is 586 g/mol. The van der Waals surface area contributed by atoms with E-state index in [2.05, 4.69) is 37.3 Å². The summed E-state index contributed by atoms with van der Waals surface area (Å²) in [7, 11) is 2.65. The number of furan rings is 1. The summed E-state index contributed by atoms with van der Waals surface area (Å²) in [5, 5.41) is 19.2. The Hall–Kier alpha value is -5.17. The van der Waals surface area contributed by atoms with Crippen LogP contribution >= 0.6 is 0 Å². The molecule has 1 amide bonds. The Morgan fingerprint density at radius 2 is 1.87 bits per heavy atom. The number of pyridine rings is 1. The number of amides is 1. The number of methoxy groups -OCH3 is 1. The van der Waals surface area contributed by atoms with E-state index in [1.807, 2.05) is 18.2 Å². The predicted octanol–water partition coefficient (Wildman–Crippen LogP) is 5.25. The summed E-state index contributed by atoms with van der Waals surface area (Å²) in [5.74, 6) is -5.73. The Morgan fingerprint density at radius 3 is 2.53 bits per heavy atom. The number of phenols is 1. The fourth-order valence-electron chi connectivity index (χ4n) is 5.59. The van der Waals surface area contributed by atoms with Gasteiger partial charge in [-0.05, 0) is 43.2 Å². The molecule has 2 aromatic carbocycles. The molecule has 0 radical (unpaired) electrons. The molecule has 234 valence electrons. The zero-order valence-corrected chi connectivity index (χ0v) is 24.7. The molecule has 0 unspecified atom stereocenters. The van der Waals surface area contributed by atoms with Crippen LogP contribution in [0.3, 0.4) is 0 Å². The molecule has 6 rings (SSSR count). The van der Waals surface area contributed by atoms with Crippen LogP contribution < -0.4 is 25.6 Å². The van der Waals surface area contributed by atoms with Crippen molar-refractivity contribution in [3.05, 3.63) is 72.1 Å². The third-order valence-electron chi connectivity index (χ3n) is 8.08. The normalized spacial score (nSPS) is 15.2. The van der Waals surface area contributed by atoms with Crippen LogP contribution in [0.1, 0.15) is 29.0 Å². The smallest absolute Gasteiger partial charge is 0.247 e. The van der Waals surface area contributed by atoms with Gasteiger partial charge in [-0.25, -0.2) is 13.8 Å². The lowest BCUT2D eigenvalue weighted by Gasteiger charge is -2.36. The van der Waals surface area contributed by atoms with Crippen LogP contribution in [0, 0.1) is 11.6 Å². The molecular formula is C32H32F2N6O5. The number of ether oxygens (including phenoxy) is 1. The molecule has 2 aliphatic rings. The van der Waals surface area contributed by atoms with Gasteiger partial charge in [-0.3, -0.25) is 14.5 Å². The number of carbonyl (C=O) groups excluding carboxylic acids is 2. The van der Waals surface area contributed by atoms with Crippen molar-refractivity contribution in [3.63, 3.8) is 0 Å². The molecule has 2 fully saturated rings. The molecule has 0 bridgehead atoms. The molecule has 2 aromatic heterocycles. The van der Waals surface area contributed by atoms with Gasteiger partial charge in [0.15, 0.2) is 34.5 Å². The van der Waals surface area contributed by atoms with Crippen LogP contribution in [-0.2, 0) is 4.79 Å². The fraction of sp³-hybridized carbons (Fsp3) is 0.281. The van der Waals surface area contributed by atoms with Crippen molar-refractivity contribution in [2.45, 2.75) is 18.9 Å². The summed E-state index contributed by atoms with van der Waals surface area (Å²) in [6, 6.07) is 8.77. The number of ketones is 1. The quantitative estimate of drug-likeness (QED) is 0.138. The van der Waals surface area contributed by atoms with Gasteiger partial charge in [-0.2, -0.15) is 0 Å². The number of piperazine rings is 1. The van der Waals surface area contributed by atoms with Gasteiger partial charge in [-0.15, -0.1) is 0 Å². The number of nitrogens with zero attached hydrogens (tertiary/aromatic N) is 3. The van der Waals surface area contributed by atoms with Crippen LogP contribution in [0.2, 0.25) is 0 Å². The van der Waals surface area contributed by atoms with Crippen LogP contribution in [0.4, 0.5) is 37.3 Å². The number of fused-ring (bicyclic) bond motifs is 1. The van der Waals surface area contributed by atoms with E-state index < -0.39 is 34.5 Å². The van der Waals surface area contributed by atoms with Gasteiger partial charge in [0.1, 0.15) is 11.4 Å². The minimum absolute atomic E-state index is 0.155. The molecule has 1 aliphatic heterocycles. The Kier molecular flexibility index (Phi) is 8.02. The average molecular weight is 619 g/mol. The first kappa shape index (κ1) is 29.9. The van der Waals surface area contributed by atoms with Crippen molar-refractivity contribution in [1.29, 1.82) is 0 Å². The lowest BCUT2D eigenvalue weighted by atomic mass is 10.0. The Bertz CT molecular complexity index is 1810. The highest BCUT2D eigenvalue weighted by atomic mass is 19.1. The molecule has 11 nitrogen and oxygen atoms in total. The molecule has 4 aromatic rings. The largest absolute Gasteiger partial charge is 0.505 e. The molecule has 4 N–H and O–H groups in total. The van der Waals surface area contributed by atoms with Crippen molar-refractivity contribution in [3.8, 4) is 11.5 Å². The number of benzene rings is 2. The van der Waals surface area contributed by atoms with E-state index in [0.717, 1.165) is 51.1 Å². The first-order valence-corrected chi connectivity index (χ1v) is 14.5. The van der Waals surface area contributed by atoms with E-state index >= 15 is 0 Å². The summed E-state index contributed by atoms with van der Waals surface area (Å²) in [6.07, 6.45) is 5.09. The van der Waals surface area contributed by atoms with Gasteiger partial charge in [-0.1, -0.05) is 6.58 Å². The molecule has 45 heavy (non-hydrogen) atoms. The van der Waals surface area contributed by atoms with E-state index in [0.29, 0.717) is 22.6 Å². The second-order valence-electron chi connectivity index (χ2n) is 10.9. The number of anilines is 5. The minimum atomic E-state index is -1.44. The van der Waals surface area contributed by atoms with Crippen LogP contribution in [0.15, 0.2) is 53.6 Å². The Balaban J connectivity index is 1.31. The zero-order chi connectivity index (χ0) is 31.8. The van der Waals surface area contributed by atoms with Crippen molar-refractivity contribution < 1.29 is 32.6 Å². The highest BCUT2D eigenvalue weighted by Gasteiger charge is 2.32. The number of hydrogen-bond donors (Lipinski definition) is 4. The van der Waals surface area contributed by atoms with Crippen LogP contribution in [0.25, 0.3) is 11.0 Å². The van der Waals surface area contributed by atoms with E-state index in [4.69, 9.17) is 9.15 Å². The predicted molar refractivity (Wildman–Crippen MR) is 167 cm³/mol. The lowest BCUT2D eigenvalue weighted by molar-refractivity contribution is -0.111. The standard InChI is InChI=1S/C32H32F2N6O5/c1-4-26(42)38-21-13-18(40-11-9-39(10-12-40)17-5-6-17)7-8-20(21)37-25-14-19-24(16-36-25)45-32(30(19)35-2)31(43)27-28(33)22(41)15-23(44-3)29(27)34/h4,7-8,13-17,35,41H,1,5-6,9-12H2,2-3H3,(H,36,37)(H,38,42). The maximum absolute atomic E-state index is 15.0. The highest BCUT2D eigenvalue weighted by Crippen LogP contribution is 2.38. The van der Waals surface area contributed by atoms with E-state index in [1.165, 1.54) is 32.2 Å². The number of carbonyl (C=O) groups is 2. The van der Waals surface area contributed by atoms with Gasteiger partial charge < -0.3 is 35.1 Å². The highest BCUT2D eigenvalue weighted by molar-refractivity contribution is 6.15. The number of rotatable bonds is 10. The third kappa shape index (κ3) is 5.74. The number of hydrogen-bond acceptors (Lipinski definition) is 10. The van der Waals surface area contributed by atoms with Crippen molar-refractivity contribution in [2.24, 2.45) is 0 Å². The maximum Gasteiger partial charge on any atom is 0.247 e. The zero-order valence-electron chi connectivity index (χ0n) is 24.7. The number of aromatic hydroxyl groups is 1. The molecule has 1 aliphatic carbocycles. The van der Waals surface area contributed by atoms with Crippen LogP contribution in [-0.4, -0.2) is 73.1 Å². The van der Waals surface area contributed by atoms with Crippen LogP contribution in [0.5, 0.6) is 11.5 Å². The summed E-state index contributed by atoms with van der Waals surface area (Å²) in [6.45, 7) is 7.30. The Morgan fingerprint density at radius 1 is 1.11 bits per heavy atom. The summed E-state index contributed by atoms with van der Waals surface area (Å²) in [4.78, 5) is 34.9. The maximum atomic E-state index is 15.0. The molecule has 0 atom stereocenters. The molecule has 1 saturated heterocycles. The number of nitrogens with one attached hydrogen (secondary N) is 3. The summed E-state index contributed by atoms with van der Waals surface area (Å²) in [5.41, 5.74) is 1.34. The summed E-state index contributed by atoms with van der Waals surface area (Å²) >= 11 is 0. The fourth-order valence-corrected chi connectivity index (χ4v) is 5.59. The molecule has 1 saturated carbocycles. The number of aromatic nitrogens is 1. The van der Waals surface area contributed by atoms with Crippen molar-refractivity contribution in [1.82, 2.24) is 9.88 Å². The van der Waals surface area contributed by atoms with E-state index in [9.17, 15) is 23.5 Å². The van der Waals surface area contributed by atoms with E-state index in [-0.39, 0.29) is 22.9 Å². The van der Waals surface area contributed by atoms with Gasteiger partial charge in [0.05, 0.1) is 30.4 Å². The second kappa shape index (κ2) is 12.1. The van der Waals surface area contributed by atoms with Crippen molar-refractivity contribution in [2.75, 3.05) is 61.2 Å². The van der Waals surface area contributed by atoms with Gasteiger partial charge in [0.2, 0.25) is 11.7 Å². The van der Waals surface area contributed by atoms with E-state index in [1.54, 1.807) is 6.07 Å². The van der Waals surface area contributed by atoms with Gasteiger partial charge in [0, 0.05) is 56.4 Å². The minimum Gasteiger partial charge on any atom is -0.505 e. The number of phenolic OH excluding ortho intramolecular Hbond substituents is 1. The molecule has 3 heterocycles. The Labute approximate surface area is 257 Å². The third-order valence-corrected chi connectivity index (χ3v) is 8.08. The van der Waals surface area contributed by atoms with Gasteiger partial charge >= 0.3 is 0 Å². The SMILES string of the molecule is C=CC(=O)Nc1cc(N2CCN(C3CC3)CC2)ccc1Nc1cc2c(NC)c(C(=O)c3c(F)c(O)cc(OC)c3F)oc2cn1. The molecule has 0 spiro atoms. The molecule has 13 heteroatoms. The number of halogens is 2. The second-order valence-corrected chi connectivity index (χ2v) is 10.9. The summed E-state index contributed by atoms with van der Waals surface area (Å²) < 4.78 is 40.3. The average Bonchev–Trinajstić information content (AvgIpc) is 3.84. The monoisotopic (exact) mass is 618 g/mol. The lowest BCUT2D eigenvalue weighted by Crippen LogP contribution is -2.47. The first-order valence-electron chi connectivity index (χ1n) is 14.5.